The van der Waals surface area contributed by atoms with Crippen molar-refractivity contribution in [3.8, 4) is 5.75 Å². The van der Waals surface area contributed by atoms with Crippen molar-refractivity contribution < 1.29 is 9.53 Å². The highest BCUT2D eigenvalue weighted by atomic mass is 16.5. The summed E-state index contributed by atoms with van der Waals surface area (Å²) in [5, 5.41) is 0. The summed E-state index contributed by atoms with van der Waals surface area (Å²) in [6, 6.07) is 8.38. The largest absolute Gasteiger partial charge is 0.497 e. The lowest BCUT2D eigenvalue weighted by Gasteiger charge is -2.50. The maximum Gasteiger partial charge on any atom is 0.133 e. The summed E-state index contributed by atoms with van der Waals surface area (Å²) in [6.45, 7) is 5.56. The number of hydrogen-bond donors (Lipinski definition) is 0. The molecule has 2 fully saturated rings. The van der Waals surface area contributed by atoms with Gasteiger partial charge in [0.2, 0.25) is 0 Å². The Morgan fingerprint density at radius 1 is 1.43 bits per heavy atom. The first-order valence-corrected chi connectivity index (χ1v) is 8.06. The Morgan fingerprint density at radius 2 is 2.29 bits per heavy atom. The summed E-state index contributed by atoms with van der Waals surface area (Å²) >= 11 is 0. The molecule has 21 heavy (non-hydrogen) atoms. The van der Waals surface area contributed by atoms with Crippen molar-refractivity contribution in [3.05, 3.63) is 29.8 Å². The van der Waals surface area contributed by atoms with Gasteiger partial charge in [-0.25, -0.2) is 0 Å². The molecule has 3 nitrogen and oxygen atoms in total. The monoisotopic (exact) mass is 287 g/mol. The minimum Gasteiger partial charge on any atom is -0.497 e. The fourth-order valence-corrected chi connectivity index (χ4v) is 4.22. The van der Waals surface area contributed by atoms with E-state index in [0.29, 0.717) is 18.1 Å². The zero-order valence-electron chi connectivity index (χ0n) is 13.1. The van der Waals surface area contributed by atoms with Crippen LogP contribution >= 0.6 is 0 Å². The Labute approximate surface area is 127 Å². The predicted octanol–water partition coefficient (Wildman–Crippen LogP) is 3.03. The van der Waals surface area contributed by atoms with Gasteiger partial charge >= 0.3 is 0 Å². The van der Waals surface area contributed by atoms with Gasteiger partial charge in [0.1, 0.15) is 11.5 Å². The van der Waals surface area contributed by atoms with Gasteiger partial charge in [0.25, 0.3) is 0 Å². The maximum absolute atomic E-state index is 12.2. The van der Waals surface area contributed by atoms with E-state index in [4.69, 9.17) is 4.74 Å². The van der Waals surface area contributed by atoms with Crippen molar-refractivity contribution in [1.29, 1.82) is 0 Å². The molecule has 1 heterocycles. The van der Waals surface area contributed by atoms with E-state index in [1.165, 1.54) is 5.56 Å². The molecular formula is C18H25NO2. The highest BCUT2D eigenvalue weighted by Gasteiger charge is 2.47. The molecule has 0 radical (unpaired) electrons. The number of likely N-dealkylation sites (tertiary alicyclic amines) is 1. The molecule has 1 saturated heterocycles. The van der Waals surface area contributed by atoms with E-state index < -0.39 is 0 Å². The molecule has 114 valence electrons. The van der Waals surface area contributed by atoms with Crippen LogP contribution in [0.25, 0.3) is 0 Å². The summed E-state index contributed by atoms with van der Waals surface area (Å²) in [5.74, 6) is 1.92. The second-order valence-electron chi connectivity index (χ2n) is 6.48. The molecule has 0 amide bonds. The third-order valence-corrected chi connectivity index (χ3v) is 5.51. The summed E-state index contributed by atoms with van der Waals surface area (Å²) in [7, 11) is 1.71. The molecule has 1 aromatic carbocycles. The standard InChI is InChI=1S/C18H25NO2/c1-3-19-10-9-18(12-16(20)8-7-15(18)13-19)14-5-4-6-17(11-14)21-2/h4-6,11,15H,3,7-10,12-13H2,1-2H3/t15-,18+/m0/s1. The van der Waals surface area contributed by atoms with Crippen LogP contribution in [0, 0.1) is 5.92 Å². The number of benzene rings is 1. The third-order valence-electron chi connectivity index (χ3n) is 5.51. The van der Waals surface area contributed by atoms with Crippen LogP contribution in [-0.2, 0) is 10.2 Å². The van der Waals surface area contributed by atoms with Crippen LogP contribution in [0.1, 0.15) is 38.2 Å². The smallest absolute Gasteiger partial charge is 0.133 e. The van der Waals surface area contributed by atoms with Gasteiger partial charge in [-0.05, 0) is 49.5 Å². The average Bonchev–Trinajstić information content (AvgIpc) is 2.54. The molecule has 1 aliphatic carbocycles. The zero-order valence-corrected chi connectivity index (χ0v) is 13.1. The fourth-order valence-electron chi connectivity index (χ4n) is 4.22. The zero-order chi connectivity index (χ0) is 14.9. The van der Waals surface area contributed by atoms with E-state index in [1.807, 2.05) is 6.07 Å². The van der Waals surface area contributed by atoms with E-state index >= 15 is 0 Å². The van der Waals surface area contributed by atoms with Crippen molar-refractivity contribution in [3.63, 3.8) is 0 Å². The molecular weight excluding hydrogens is 262 g/mol. The van der Waals surface area contributed by atoms with Crippen molar-refractivity contribution in [1.82, 2.24) is 4.90 Å². The molecule has 1 saturated carbocycles. The van der Waals surface area contributed by atoms with Crippen LogP contribution < -0.4 is 4.74 Å². The first-order chi connectivity index (χ1) is 10.2. The molecule has 3 rings (SSSR count). The van der Waals surface area contributed by atoms with Crippen LogP contribution in [0.3, 0.4) is 0 Å². The number of carbonyl (C=O) groups is 1. The van der Waals surface area contributed by atoms with Crippen molar-refractivity contribution >= 4 is 5.78 Å². The van der Waals surface area contributed by atoms with E-state index in [0.717, 1.165) is 44.6 Å². The number of methoxy groups -OCH3 is 1. The number of ketones is 1. The normalized spacial score (nSPS) is 30.0. The number of hydrogen-bond acceptors (Lipinski definition) is 3. The molecule has 3 heteroatoms. The summed E-state index contributed by atoms with van der Waals surface area (Å²) < 4.78 is 5.40. The topological polar surface area (TPSA) is 29.5 Å². The van der Waals surface area contributed by atoms with Crippen LogP contribution in [0.2, 0.25) is 0 Å². The van der Waals surface area contributed by atoms with Gasteiger partial charge in [0.05, 0.1) is 7.11 Å². The van der Waals surface area contributed by atoms with Crippen LogP contribution in [0.5, 0.6) is 5.75 Å². The Morgan fingerprint density at radius 3 is 3.05 bits per heavy atom. The Kier molecular flexibility index (Phi) is 4.03. The summed E-state index contributed by atoms with van der Waals surface area (Å²) in [4.78, 5) is 14.7. The van der Waals surface area contributed by atoms with Crippen molar-refractivity contribution in [2.75, 3.05) is 26.7 Å². The molecule has 0 aromatic heterocycles. The second-order valence-corrected chi connectivity index (χ2v) is 6.48. The number of carbonyl (C=O) groups excluding carboxylic acids is 1. The predicted molar refractivity (Wildman–Crippen MR) is 83.8 cm³/mol. The van der Waals surface area contributed by atoms with Gasteiger partial charge in [-0.2, -0.15) is 0 Å². The van der Waals surface area contributed by atoms with Gasteiger partial charge in [0.15, 0.2) is 0 Å². The number of ether oxygens (including phenoxy) is 1. The van der Waals surface area contributed by atoms with Gasteiger partial charge in [-0.3, -0.25) is 4.79 Å². The maximum atomic E-state index is 12.2. The number of piperidine rings is 1. The molecule has 1 aromatic rings. The lowest BCUT2D eigenvalue weighted by Crippen LogP contribution is -2.52. The SMILES string of the molecule is CCN1CC[C@]2(c3cccc(OC)c3)CC(=O)CC[C@H]2C1. The highest BCUT2D eigenvalue weighted by Crippen LogP contribution is 2.48. The Balaban J connectivity index is 1.98. The van der Waals surface area contributed by atoms with Gasteiger partial charge in [0, 0.05) is 24.8 Å². The van der Waals surface area contributed by atoms with Crippen LogP contribution in [0.4, 0.5) is 0 Å². The molecule has 1 aliphatic heterocycles. The number of fused-ring (bicyclic) bond motifs is 1. The lowest BCUT2D eigenvalue weighted by molar-refractivity contribution is -0.125. The molecule has 0 spiro atoms. The molecule has 0 unspecified atom stereocenters. The second kappa shape index (κ2) is 5.80. The quantitative estimate of drug-likeness (QED) is 0.856. The molecule has 0 bridgehead atoms. The third kappa shape index (κ3) is 2.59. The fraction of sp³-hybridized carbons (Fsp3) is 0.611. The molecule has 2 aliphatic rings. The highest BCUT2D eigenvalue weighted by molar-refractivity contribution is 5.81. The van der Waals surface area contributed by atoms with E-state index in [-0.39, 0.29) is 5.41 Å². The van der Waals surface area contributed by atoms with Gasteiger partial charge < -0.3 is 9.64 Å². The van der Waals surface area contributed by atoms with E-state index in [2.05, 4.69) is 30.0 Å². The summed E-state index contributed by atoms with van der Waals surface area (Å²) in [5.41, 5.74) is 1.34. The molecule has 2 atom stereocenters. The van der Waals surface area contributed by atoms with Crippen molar-refractivity contribution in [2.45, 2.75) is 38.0 Å². The van der Waals surface area contributed by atoms with Crippen molar-refractivity contribution in [2.24, 2.45) is 5.92 Å². The first-order valence-electron chi connectivity index (χ1n) is 8.06. The number of rotatable bonds is 3. The Hall–Kier alpha value is -1.35. The molecule has 0 N–H and O–H groups in total. The van der Waals surface area contributed by atoms with E-state index in [9.17, 15) is 4.79 Å². The lowest BCUT2D eigenvalue weighted by atomic mass is 9.59. The van der Waals surface area contributed by atoms with Gasteiger partial charge in [-0.15, -0.1) is 0 Å². The number of Topliss-reactive ketones (excluding diaryl/α,β-unsaturated/α-hetero) is 1. The number of nitrogens with zero attached hydrogens (tertiary/aromatic N) is 1. The first kappa shape index (κ1) is 14.6. The Bertz CT molecular complexity index is 528. The minimum atomic E-state index is 0.0372. The van der Waals surface area contributed by atoms with Crippen LogP contribution in [0.15, 0.2) is 24.3 Å². The van der Waals surface area contributed by atoms with Gasteiger partial charge in [-0.1, -0.05) is 19.1 Å². The minimum absolute atomic E-state index is 0.0372. The van der Waals surface area contributed by atoms with E-state index in [1.54, 1.807) is 7.11 Å². The van der Waals surface area contributed by atoms with Crippen LogP contribution in [-0.4, -0.2) is 37.4 Å². The average molecular weight is 287 g/mol. The summed E-state index contributed by atoms with van der Waals surface area (Å²) in [6.07, 6.45) is 3.59.